The number of nitrogens with one attached hydrogen (secondary N) is 1. The van der Waals surface area contributed by atoms with E-state index in [1.807, 2.05) is 0 Å². The van der Waals surface area contributed by atoms with Crippen molar-refractivity contribution in [3.05, 3.63) is 35.9 Å². The minimum absolute atomic E-state index is 0.766. The van der Waals surface area contributed by atoms with E-state index in [2.05, 4.69) is 42.6 Å². The molecule has 1 saturated heterocycles. The Bertz CT molecular complexity index is 307. The third-order valence-corrected chi connectivity index (χ3v) is 3.95. The van der Waals surface area contributed by atoms with E-state index in [1.165, 1.54) is 50.6 Å². The maximum atomic E-state index is 3.69. The van der Waals surface area contributed by atoms with Crippen LogP contribution in [0, 0.1) is 5.92 Å². The lowest BCUT2D eigenvalue weighted by Crippen LogP contribution is -2.27. The molecule has 1 aromatic carbocycles. The molecule has 17 heavy (non-hydrogen) atoms. The molecule has 0 saturated carbocycles. The molecular formula is C16H25N. The van der Waals surface area contributed by atoms with Gasteiger partial charge in [0.15, 0.2) is 0 Å². The van der Waals surface area contributed by atoms with Gasteiger partial charge in [0.25, 0.3) is 0 Å². The monoisotopic (exact) mass is 231 g/mol. The van der Waals surface area contributed by atoms with Crippen LogP contribution in [-0.4, -0.2) is 12.6 Å². The molecule has 0 bridgehead atoms. The Morgan fingerprint density at radius 3 is 2.76 bits per heavy atom. The molecule has 2 unspecified atom stereocenters. The first kappa shape index (κ1) is 12.6. The van der Waals surface area contributed by atoms with E-state index in [0.29, 0.717) is 0 Å². The van der Waals surface area contributed by atoms with Crippen LogP contribution in [0.2, 0.25) is 0 Å². The lowest BCUT2D eigenvalue weighted by atomic mass is 9.90. The highest BCUT2D eigenvalue weighted by Crippen LogP contribution is 2.24. The maximum Gasteiger partial charge on any atom is 0.00989 e. The molecule has 1 N–H and O–H groups in total. The molecule has 0 aliphatic carbocycles. The van der Waals surface area contributed by atoms with Crippen LogP contribution in [0.15, 0.2) is 30.3 Å². The Labute approximate surface area is 106 Å². The first-order valence-electron chi connectivity index (χ1n) is 7.17. The molecule has 1 heterocycles. The quantitative estimate of drug-likeness (QED) is 0.735. The summed E-state index contributed by atoms with van der Waals surface area (Å²) in [5.41, 5.74) is 1.50. The largest absolute Gasteiger partial charge is 0.314 e. The molecule has 1 aliphatic rings. The van der Waals surface area contributed by atoms with E-state index in [9.17, 15) is 0 Å². The summed E-state index contributed by atoms with van der Waals surface area (Å²) in [6.45, 7) is 3.50. The van der Waals surface area contributed by atoms with E-state index in [1.54, 1.807) is 0 Å². The van der Waals surface area contributed by atoms with Crippen molar-refractivity contribution in [3.8, 4) is 0 Å². The normalized spacial score (nSPS) is 24.1. The average molecular weight is 231 g/mol. The van der Waals surface area contributed by atoms with Crippen molar-refractivity contribution in [2.75, 3.05) is 6.54 Å². The van der Waals surface area contributed by atoms with Crippen molar-refractivity contribution in [3.63, 3.8) is 0 Å². The van der Waals surface area contributed by atoms with Crippen molar-refractivity contribution in [2.24, 2.45) is 5.92 Å². The van der Waals surface area contributed by atoms with Gasteiger partial charge in [-0.2, -0.15) is 0 Å². The van der Waals surface area contributed by atoms with Gasteiger partial charge < -0.3 is 5.32 Å². The van der Waals surface area contributed by atoms with E-state index in [0.717, 1.165) is 12.0 Å². The summed E-state index contributed by atoms with van der Waals surface area (Å²) in [5, 5.41) is 3.69. The molecular weight excluding hydrogens is 206 g/mol. The van der Waals surface area contributed by atoms with Gasteiger partial charge in [-0.1, -0.05) is 56.5 Å². The summed E-state index contributed by atoms with van der Waals surface area (Å²) in [4.78, 5) is 0. The van der Waals surface area contributed by atoms with Crippen molar-refractivity contribution in [1.82, 2.24) is 5.32 Å². The Morgan fingerprint density at radius 2 is 2.00 bits per heavy atom. The highest BCUT2D eigenvalue weighted by molar-refractivity contribution is 5.16. The number of hydrogen-bond donors (Lipinski definition) is 1. The number of hydrogen-bond acceptors (Lipinski definition) is 1. The number of benzene rings is 1. The molecule has 1 nitrogen and oxygen atoms in total. The van der Waals surface area contributed by atoms with Crippen LogP contribution in [0.25, 0.3) is 0 Å². The average Bonchev–Trinajstić information content (AvgIpc) is 2.79. The van der Waals surface area contributed by atoms with Crippen LogP contribution in [0.4, 0.5) is 0 Å². The molecule has 2 rings (SSSR count). The van der Waals surface area contributed by atoms with Crippen LogP contribution in [0.3, 0.4) is 0 Å². The van der Waals surface area contributed by atoms with Crippen molar-refractivity contribution >= 4 is 0 Å². The summed E-state index contributed by atoms with van der Waals surface area (Å²) in [6, 6.07) is 11.7. The van der Waals surface area contributed by atoms with Gasteiger partial charge in [0.05, 0.1) is 0 Å². The Hall–Kier alpha value is -0.820. The topological polar surface area (TPSA) is 12.0 Å². The minimum Gasteiger partial charge on any atom is -0.314 e. The second-order valence-corrected chi connectivity index (χ2v) is 5.29. The van der Waals surface area contributed by atoms with Crippen LogP contribution < -0.4 is 5.32 Å². The van der Waals surface area contributed by atoms with Gasteiger partial charge in [-0.15, -0.1) is 0 Å². The number of unbranched alkanes of at least 4 members (excludes halogenated alkanes) is 2. The van der Waals surface area contributed by atoms with E-state index >= 15 is 0 Å². The molecule has 1 aromatic rings. The molecule has 1 heteroatoms. The second kappa shape index (κ2) is 6.80. The fourth-order valence-corrected chi connectivity index (χ4v) is 2.94. The van der Waals surface area contributed by atoms with Gasteiger partial charge in [-0.25, -0.2) is 0 Å². The van der Waals surface area contributed by atoms with Crippen molar-refractivity contribution in [2.45, 2.75) is 51.5 Å². The Morgan fingerprint density at radius 1 is 1.18 bits per heavy atom. The predicted molar refractivity (Wildman–Crippen MR) is 74.2 cm³/mol. The second-order valence-electron chi connectivity index (χ2n) is 5.29. The highest BCUT2D eigenvalue weighted by atomic mass is 14.9. The molecule has 0 amide bonds. The van der Waals surface area contributed by atoms with Gasteiger partial charge >= 0.3 is 0 Å². The molecule has 0 spiro atoms. The molecule has 0 radical (unpaired) electrons. The minimum atomic E-state index is 0.766. The summed E-state index contributed by atoms with van der Waals surface area (Å²) in [6.07, 6.45) is 8.08. The van der Waals surface area contributed by atoms with Crippen LogP contribution in [0.5, 0.6) is 0 Å². The smallest absolute Gasteiger partial charge is 0.00989 e. The van der Waals surface area contributed by atoms with Gasteiger partial charge in [-0.3, -0.25) is 0 Å². The van der Waals surface area contributed by atoms with E-state index in [4.69, 9.17) is 0 Å². The zero-order valence-corrected chi connectivity index (χ0v) is 11.0. The van der Waals surface area contributed by atoms with E-state index in [-0.39, 0.29) is 0 Å². The Kier molecular flexibility index (Phi) is 5.06. The van der Waals surface area contributed by atoms with Gasteiger partial charge in [0.1, 0.15) is 0 Å². The first-order valence-corrected chi connectivity index (χ1v) is 7.17. The summed E-state index contributed by atoms with van der Waals surface area (Å²) < 4.78 is 0. The molecule has 94 valence electrons. The van der Waals surface area contributed by atoms with Crippen LogP contribution >= 0.6 is 0 Å². The molecule has 2 atom stereocenters. The summed E-state index contributed by atoms with van der Waals surface area (Å²) in [7, 11) is 0. The maximum absolute atomic E-state index is 3.69. The zero-order chi connectivity index (χ0) is 11.9. The fourth-order valence-electron chi connectivity index (χ4n) is 2.94. The van der Waals surface area contributed by atoms with Crippen molar-refractivity contribution < 1.29 is 0 Å². The van der Waals surface area contributed by atoms with Gasteiger partial charge in [-0.05, 0) is 37.3 Å². The summed E-state index contributed by atoms with van der Waals surface area (Å²) >= 11 is 0. The van der Waals surface area contributed by atoms with Crippen molar-refractivity contribution in [1.29, 1.82) is 0 Å². The SMILES string of the molecule is CCCCCC1NCCC1Cc1ccccc1. The van der Waals surface area contributed by atoms with Crippen LogP contribution in [0.1, 0.15) is 44.6 Å². The van der Waals surface area contributed by atoms with Gasteiger partial charge in [0, 0.05) is 6.04 Å². The standard InChI is InChI=1S/C16H25N/c1-2-3-5-10-16-15(11-12-17-16)13-14-8-6-4-7-9-14/h4,6-9,15-17H,2-3,5,10-13H2,1H3. The third kappa shape index (κ3) is 3.85. The zero-order valence-electron chi connectivity index (χ0n) is 11.0. The highest BCUT2D eigenvalue weighted by Gasteiger charge is 2.25. The first-order chi connectivity index (χ1) is 8.40. The lowest BCUT2D eigenvalue weighted by Gasteiger charge is -2.19. The summed E-state index contributed by atoms with van der Waals surface area (Å²) in [5.74, 6) is 0.856. The molecule has 0 aromatic heterocycles. The van der Waals surface area contributed by atoms with Gasteiger partial charge in [0.2, 0.25) is 0 Å². The molecule has 1 fully saturated rings. The van der Waals surface area contributed by atoms with E-state index < -0.39 is 0 Å². The lowest BCUT2D eigenvalue weighted by molar-refractivity contribution is 0.406. The third-order valence-electron chi connectivity index (χ3n) is 3.95. The van der Waals surface area contributed by atoms with Crippen LogP contribution in [-0.2, 0) is 6.42 Å². The molecule has 1 aliphatic heterocycles. The number of rotatable bonds is 6. The predicted octanol–water partition coefficient (Wildman–Crippen LogP) is 3.79. The fraction of sp³-hybridized carbons (Fsp3) is 0.625. The Balaban J connectivity index is 1.82.